The van der Waals surface area contributed by atoms with Crippen molar-refractivity contribution in [3.05, 3.63) is 29.3 Å². The van der Waals surface area contributed by atoms with Gasteiger partial charge in [0.2, 0.25) is 0 Å². The number of piperidine rings is 1. The standard InChI is InChI=1S/C21H29NO/c1-14(15-5-6-15)22-11-10-21-9-3-2-4-18(21)20(22)12-16-7-8-17(23)13-19(16)21/h7-8,13-15,18,20,23H,2-6,9-12H2,1H3/t14-,18-,20+,21?/m0/s1. The molecule has 0 radical (unpaired) electrons. The summed E-state index contributed by atoms with van der Waals surface area (Å²) in [6.45, 7) is 3.76. The molecule has 4 aliphatic rings. The van der Waals surface area contributed by atoms with Gasteiger partial charge in [0.25, 0.3) is 0 Å². The number of nitrogens with zero attached hydrogens (tertiary/aromatic N) is 1. The number of hydrogen-bond donors (Lipinski definition) is 1. The molecule has 1 heterocycles. The highest BCUT2D eigenvalue weighted by atomic mass is 16.3. The number of benzene rings is 1. The molecule has 1 saturated heterocycles. The zero-order valence-electron chi connectivity index (χ0n) is 14.3. The lowest BCUT2D eigenvalue weighted by Gasteiger charge is -2.60. The number of phenols is 1. The molecule has 3 fully saturated rings. The van der Waals surface area contributed by atoms with Crippen LogP contribution in [0.5, 0.6) is 5.75 Å². The van der Waals surface area contributed by atoms with Crippen LogP contribution >= 0.6 is 0 Å². The molecule has 3 aliphatic carbocycles. The van der Waals surface area contributed by atoms with Crippen molar-refractivity contribution in [2.45, 2.75) is 75.8 Å². The van der Waals surface area contributed by atoms with Gasteiger partial charge >= 0.3 is 0 Å². The number of hydrogen-bond acceptors (Lipinski definition) is 2. The highest BCUT2D eigenvalue weighted by Gasteiger charge is 2.55. The van der Waals surface area contributed by atoms with Crippen molar-refractivity contribution in [1.82, 2.24) is 4.90 Å². The minimum atomic E-state index is 0.370. The van der Waals surface area contributed by atoms with Crippen molar-refractivity contribution in [3.63, 3.8) is 0 Å². The van der Waals surface area contributed by atoms with Gasteiger partial charge in [-0.15, -0.1) is 0 Å². The van der Waals surface area contributed by atoms with E-state index < -0.39 is 0 Å². The largest absolute Gasteiger partial charge is 0.508 e. The highest BCUT2D eigenvalue weighted by Crippen LogP contribution is 2.57. The molecule has 0 amide bonds. The molecule has 2 nitrogen and oxygen atoms in total. The van der Waals surface area contributed by atoms with E-state index in [1.807, 2.05) is 6.07 Å². The molecule has 1 aromatic carbocycles. The Hall–Kier alpha value is -1.02. The molecule has 1 N–H and O–H groups in total. The van der Waals surface area contributed by atoms with E-state index in [4.69, 9.17) is 0 Å². The van der Waals surface area contributed by atoms with Crippen molar-refractivity contribution in [2.75, 3.05) is 6.54 Å². The number of phenolic OH excluding ortho intramolecular Hbond substituents is 1. The van der Waals surface area contributed by atoms with Crippen molar-refractivity contribution in [1.29, 1.82) is 0 Å². The lowest BCUT2D eigenvalue weighted by Crippen LogP contribution is -2.62. The first-order chi connectivity index (χ1) is 11.2. The quantitative estimate of drug-likeness (QED) is 0.882. The van der Waals surface area contributed by atoms with Crippen LogP contribution in [0.25, 0.3) is 0 Å². The Morgan fingerprint density at radius 2 is 2.04 bits per heavy atom. The molecule has 0 aromatic heterocycles. The van der Waals surface area contributed by atoms with Crippen LogP contribution < -0.4 is 0 Å². The fourth-order valence-electron chi connectivity index (χ4n) is 6.38. The molecule has 1 aromatic rings. The van der Waals surface area contributed by atoms with E-state index in [0.29, 0.717) is 11.2 Å². The van der Waals surface area contributed by atoms with E-state index >= 15 is 0 Å². The summed E-state index contributed by atoms with van der Waals surface area (Å²) in [4.78, 5) is 2.89. The summed E-state index contributed by atoms with van der Waals surface area (Å²) in [5, 5.41) is 10.1. The minimum absolute atomic E-state index is 0.370. The molecule has 5 rings (SSSR count). The predicted octanol–water partition coefficient (Wildman–Crippen LogP) is 4.25. The lowest BCUT2D eigenvalue weighted by molar-refractivity contribution is -0.0343. The summed E-state index contributed by atoms with van der Waals surface area (Å²) >= 11 is 0. The van der Waals surface area contributed by atoms with Crippen LogP contribution in [0.2, 0.25) is 0 Å². The Morgan fingerprint density at radius 3 is 2.87 bits per heavy atom. The number of likely N-dealkylation sites (tertiary alicyclic amines) is 1. The Morgan fingerprint density at radius 1 is 1.17 bits per heavy atom. The van der Waals surface area contributed by atoms with Gasteiger partial charge < -0.3 is 5.11 Å². The summed E-state index contributed by atoms with van der Waals surface area (Å²) in [5.41, 5.74) is 3.41. The van der Waals surface area contributed by atoms with Gasteiger partial charge in [0.1, 0.15) is 5.75 Å². The zero-order chi connectivity index (χ0) is 15.6. The summed E-state index contributed by atoms with van der Waals surface area (Å²) < 4.78 is 0. The molecule has 1 unspecified atom stereocenters. The first-order valence-electron chi connectivity index (χ1n) is 9.77. The maximum Gasteiger partial charge on any atom is 0.115 e. The fourth-order valence-corrected chi connectivity index (χ4v) is 6.38. The first-order valence-corrected chi connectivity index (χ1v) is 9.77. The molecule has 124 valence electrons. The molecule has 0 spiro atoms. The van der Waals surface area contributed by atoms with E-state index in [-0.39, 0.29) is 0 Å². The maximum absolute atomic E-state index is 10.1. The molecule has 1 aliphatic heterocycles. The Bertz CT molecular complexity index is 622. The highest BCUT2D eigenvalue weighted by molar-refractivity contribution is 5.45. The van der Waals surface area contributed by atoms with Gasteiger partial charge in [0.05, 0.1) is 0 Å². The van der Waals surface area contributed by atoms with Crippen molar-refractivity contribution in [3.8, 4) is 5.75 Å². The third-order valence-electron chi connectivity index (χ3n) is 7.69. The first kappa shape index (κ1) is 14.3. The average Bonchev–Trinajstić information content (AvgIpc) is 3.40. The summed E-state index contributed by atoms with van der Waals surface area (Å²) in [5.74, 6) is 2.25. The third kappa shape index (κ3) is 2.03. The maximum atomic E-state index is 10.1. The number of aromatic hydroxyl groups is 1. The normalized spacial score (nSPS) is 37.8. The summed E-state index contributed by atoms with van der Waals surface area (Å²) in [7, 11) is 0. The second kappa shape index (κ2) is 4.99. The van der Waals surface area contributed by atoms with Crippen LogP contribution in [0.15, 0.2) is 18.2 Å². The average molecular weight is 311 g/mol. The second-order valence-electron chi connectivity index (χ2n) is 8.69. The minimum Gasteiger partial charge on any atom is -0.508 e. The van der Waals surface area contributed by atoms with Crippen molar-refractivity contribution < 1.29 is 5.11 Å². The summed E-state index contributed by atoms with van der Waals surface area (Å²) in [6, 6.07) is 7.76. The number of fused-ring (bicyclic) bond motifs is 1. The van der Waals surface area contributed by atoms with Gasteiger partial charge in [-0.1, -0.05) is 18.9 Å². The summed E-state index contributed by atoms with van der Waals surface area (Å²) in [6.07, 6.45) is 10.9. The van der Waals surface area contributed by atoms with Gasteiger partial charge in [-0.05, 0) is 87.1 Å². The van der Waals surface area contributed by atoms with Crippen LogP contribution in [0.1, 0.15) is 63.0 Å². The SMILES string of the molecule is C[C@@H](C1CC1)N1CCC23CCCC[C@H]2[C@H]1Cc1ccc(O)cc13. The lowest BCUT2D eigenvalue weighted by atomic mass is 9.52. The molecule has 2 bridgehead atoms. The van der Waals surface area contributed by atoms with E-state index in [1.54, 1.807) is 0 Å². The van der Waals surface area contributed by atoms with Crippen molar-refractivity contribution in [2.24, 2.45) is 11.8 Å². The second-order valence-corrected chi connectivity index (χ2v) is 8.69. The van der Waals surface area contributed by atoms with Gasteiger partial charge in [-0.3, -0.25) is 4.90 Å². The smallest absolute Gasteiger partial charge is 0.115 e. The number of rotatable bonds is 2. The van der Waals surface area contributed by atoms with Crippen LogP contribution in [-0.4, -0.2) is 28.6 Å². The van der Waals surface area contributed by atoms with Crippen LogP contribution in [-0.2, 0) is 11.8 Å². The monoisotopic (exact) mass is 311 g/mol. The van der Waals surface area contributed by atoms with Crippen LogP contribution in [0.4, 0.5) is 0 Å². The van der Waals surface area contributed by atoms with Gasteiger partial charge in [0, 0.05) is 17.5 Å². The van der Waals surface area contributed by atoms with E-state index in [2.05, 4.69) is 24.0 Å². The Labute approximate surface area is 139 Å². The zero-order valence-corrected chi connectivity index (χ0v) is 14.3. The predicted molar refractivity (Wildman–Crippen MR) is 92.7 cm³/mol. The fraction of sp³-hybridized carbons (Fsp3) is 0.714. The Kier molecular flexibility index (Phi) is 3.11. The van der Waals surface area contributed by atoms with Gasteiger partial charge in [0.15, 0.2) is 0 Å². The molecule has 2 heteroatoms. The molecular weight excluding hydrogens is 282 g/mol. The molecule has 4 atom stereocenters. The third-order valence-corrected chi connectivity index (χ3v) is 7.69. The van der Waals surface area contributed by atoms with E-state index in [1.165, 1.54) is 69.0 Å². The van der Waals surface area contributed by atoms with Crippen LogP contribution in [0.3, 0.4) is 0 Å². The topological polar surface area (TPSA) is 23.5 Å². The van der Waals surface area contributed by atoms with Crippen LogP contribution in [0, 0.1) is 11.8 Å². The van der Waals surface area contributed by atoms with Gasteiger partial charge in [-0.2, -0.15) is 0 Å². The van der Waals surface area contributed by atoms with E-state index in [0.717, 1.165) is 23.9 Å². The van der Waals surface area contributed by atoms with Gasteiger partial charge in [-0.25, -0.2) is 0 Å². The molecular formula is C21H29NO. The van der Waals surface area contributed by atoms with E-state index in [9.17, 15) is 5.11 Å². The van der Waals surface area contributed by atoms with Crippen molar-refractivity contribution >= 4 is 0 Å². The molecule has 2 saturated carbocycles. The Balaban J connectivity index is 1.59. The molecule has 23 heavy (non-hydrogen) atoms.